The highest BCUT2D eigenvalue weighted by molar-refractivity contribution is 7.34. The predicted octanol–water partition coefficient (Wildman–Crippen LogP) is 3.85. The van der Waals surface area contributed by atoms with E-state index in [1.165, 1.54) is 31.9 Å². The lowest BCUT2D eigenvalue weighted by Gasteiger charge is -2.26. The van der Waals surface area contributed by atoms with Crippen LogP contribution in [0.15, 0.2) is 47.5 Å². The van der Waals surface area contributed by atoms with Crippen LogP contribution in [0, 0.1) is 5.41 Å². The van der Waals surface area contributed by atoms with E-state index in [9.17, 15) is 14.8 Å². The molecule has 1 fully saturated rings. The van der Waals surface area contributed by atoms with Gasteiger partial charge in [-0.2, -0.15) is 9.97 Å². The first-order valence-corrected chi connectivity index (χ1v) is 15.6. The van der Waals surface area contributed by atoms with Crippen LogP contribution in [0.2, 0.25) is 0 Å². The molecular weight excluding hydrogens is 622 g/mol. The molecule has 3 N–H and O–H groups in total. The van der Waals surface area contributed by atoms with Crippen LogP contribution in [0.5, 0.6) is 17.4 Å². The lowest BCUT2D eigenvalue weighted by Crippen LogP contribution is -2.42. The Morgan fingerprint density at radius 3 is 2.74 bits per heavy atom. The molecule has 46 heavy (non-hydrogen) atoms. The number of hydrogen-bond donors (Lipinski definition) is 2. The predicted molar refractivity (Wildman–Crippen MR) is 165 cm³/mol. The van der Waals surface area contributed by atoms with Gasteiger partial charge in [-0.1, -0.05) is 55.8 Å². The number of fused-ring (bicyclic) bond motifs is 2. The largest absolute Gasteiger partial charge is 0.575 e. The van der Waals surface area contributed by atoms with E-state index < -0.39 is 44.3 Å². The van der Waals surface area contributed by atoms with Crippen molar-refractivity contribution in [3.63, 3.8) is 0 Å². The second kappa shape index (κ2) is 12.9. The number of esters is 1. The number of benzene rings is 2. The zero-order chi connectivity index (χ0) is 33.4. The number of imidazole rings is 1. The molecule has 0 spiro atoms. The molecule has 1 saturated heterocycles. The number of halogens is 1. The molecule has 0 saturated carbocycles. The minimum absolute atomic E-state index is 0.0785. The van der Waals surface area contributed by atoms with E-state index in [2.05, 4.69) is 19.7 Å². The number of ether oxygens (including phenoxy) is 4. The third-order valence-corrected chi connectivity index (χ3v) is 8.09. The number of anilines is 1. The molecule has 0 radical (unpaired) electrons. The molecule has 1 aliphatic heterocycles. The number of aromatic nitrogens is 4. The summed E-state index contributed by atoms with van der Waals surface area (Å²) in [6.07, 6.45) is -3.10. The highest BCUT2D eigenvalue weighted by atomic mass is 31.1. The molecule has 1 aliphatic rings. The average molecular weight is 659 g/mol. The van der Waals surface area contributed by atoms with Crippen LogP contribution in [-0.4, -0.2) is 74.8 Å². The maximum absolute atomic E-state index is 15.7. The summed E-state index contributed by atoms with van der Waals surface area (Å²) in [7, 11) is -1.36. The number of nitrogen functional groups attached to an aromatic ring is 1. The fraction of sp³-hybridized carbons (Fsp3) is 0.467. The number of nitrogens with two attached hydrogens (primary N) is 1. The van der Waals surface area contributed by atoms with Crippen molar-refractivity contribution < 1.29 is 42.7 Å². The van der Waals surface area contributed by atoms with Crippen LogP contribution in [0.1, 0.15) is 40.8 Å². The van der Waals surface area contributed by atoms with E-state index in [0.29, 0.717) is 5.39 Å². The maximum Gasteiger partial charge on any atom is 0.395 e. The van der Waals surface area contributed by atoms with Crippen LogP contribution in [0.25, 0.3) is 21.9 Å². The van der Waals surface area contributed by atoms with E-state index >= 15 is 4.39 Å². The van der Waals surface area contributed by atoms with Crippen molar-refractivity contribution in [1.29, 1.82) is 0 Å². The number of methoxy groups -OCH3 is 1. The Bertz CT molecular complexity index is 1780. The van der Waals surface area contributed by atoms with Gasteiger partial charge in [0.2, 0.25) is 17.6 Å². The summed E-state index contributed by atoms with van der Waals surface area (Å²) in [5.74, 6) is -0.429. The highest BCUT2D eigenvalue weighted by Gasteiger charge is 2.55. The first kappa shape index (κ1) is 33.2. The van der Waals surface area contributed by atoms with E-state index in [0.717, 1.165) is 5.39 Å². The second-order valence-corrected chi connectivity index (χ2v) is 13.2. The Morgan fingerprint density at radius 1 is 1.28 bits per heavy atom. The second-order valence-electron chi connectivity index (χ2n) is 12.3. The van der Waals surface area contributed by atoms with Crippen molar-refractivity contribution in [2.45, 2.75) is 64.8 Å². The molecular formula is C30H36FN6O8P. The van der Waals surface area contributed by atoms with E-state index in [-0.39, 0.29) is 53.1 Å². The zero-order valence-electron chi connectivity index (χ0n) is 26.2. The molecule has 0 aliphatic carbocycles. The van der Waals surface area contributed by atoms with Gasteiger partial charge in [-0.25, -0.2) is 14.2 Å². The lowest BCUT2D eigenvalue weighted by atomic mass is 9.98. The lowest BCUT2D eigenvalue weighted by molar-refractivity contribution is -0.169. The molecule has 0 bridgehead atoms. The number of carbonyl (C=O) groups excluding carboxylic acids is 1. The molecule has 0 amide bonds. The smallest absolute Gasteiger partial charge is 0.395 e. The molecule has 4 aromatic rings. The standard InChI is InChI=1S/C30H36FN6O8P/c1-16(26(38)43-14-29(2,3)4)36-46(40)45-22-18-10-8-7-9-17(18)11-12-19(22)42-13-20-23(31)30(5,39)27(44-20)37-15-33-21-24(37)34-28(32)35-25(21)41-6/h7-12,15-16,20,23,27,39H,13-14H2,1-6H3,(H2,32,34,35)/t16-,20+,23+,27?,30+/m0/s1. The third kappa shape index (κ3) is 6.82. The Morgan fingerprint density at radius 2 is 2.02 bits per heavy atom. The molecule has 2 aromatic carbocycles. The quantitative estimate of drug-likeness (QED) is 0.185. The number of alkyl halides is 1. The summed E-state index contributed by atoms with van der Waals surface area (Å²) < 4.78 is 49.3. The molecule has 2 aromatic heterocycles. The third-order valence-electron chi connectivity index (χ3n) is 7.21. The maximum atomic E-state index is 15.7. The number of aliphatic hydroxyl groups is 1. The van der Waals surface area contributed by atoms with Gasteiger partial charge in [-0.15, -0.1) is 0 Å². The minimum Gasteiger partial charge on any atom is -0.575 e. The van der Waals surface area contributed by atoms with Crippen molar-refractivity contribution in [3.8, 4) is 17.4 Å². The van der Waals surface area contributed by atoms with Crippen molar-refractivity contribution in [1.82, 2.24) is 19.5 Å². The summed E-state index contributed by atoms with van der Waals surface area (Å²) in [5, 5.41) is 12.5. The molecule has 2 unspecified atom stereocenters. The Labute approximate surface area is 265 Å². The molecule has 14 nitrogen and oxygen atoms in total. The van der Waals surface area contributed by atoms with Gasteiger partial charge in [0.15, 0.2) is 35.4 Å². The highest BCUT2D eigenvalue weighted by Crippen LogP contribution is 2.44. The Hall–Kier alpha value is -4.17. The minimum atomic E-state index is -2.75. The molecule has 6 atom stereocenters. The van der Waals surface area contributed by atoms with Crippen molar-refractivity contribution >= 4 is 42.0 Å². The van der Waals surface area contributed by atoms with Gasteiger partial charge in [-0.3, -0.25) is 9.09 Å². The van der Waals surface area contributed by atoms with Gasteiger partial charge in [0.05, 0.1) is 20.0 Å². The molecule has 5 rings (SSSR count). The van der Waals surface area contributed by atoms with Crippen LogP contribution in [-0.2, 0) is 14.3 Å². The number of carbonyl (C=O) groups is 1. The Balaban J connectivity index is 1.37. The van der Waals surface area contributed by atoms with Crippen LogP contribution < -0.4 is 24.6 Å². The SMILES string of the molecule is COc1nc(N)nc2c1ncn2C1O[C@H](COc2ccc3ccccc3c2O[P+]([O-])=N[C@@H](C)C(=O)OCC(C)(C)C)[C@@H](F)[C@@]1(C)O. The average Bonchev–Trinajstić information content (AvgIpc) is 3.51. The van der Waals surface area contributed by atoms with Crippen molar-refractivity contribution in [3.05, 3.63) is 42.7 Å². The van der Waals surface area contributed by atoms with Gasteiger partial charge in [-0.05, 0) is 30.7 Å². The van der Waals surface area contributed by atoms with Gasteiger partial charge in [0.1, 0.15) is 18.3 Å². The first-order valence-electron chi connectivity index (χ1n) is 14.4. The van der Waals surface area contributed by atoms with Gasteiger partial charge >= 0.3 is 14.1 Å². The first-order chi connectivity index (χ1) is 21.7. The molecule has 3 heterocycles. The molecule has 16 heteroatoms. The van der Waals surface area contributed by atoms with Gasteiger partial charge in [0, 0.05) is 5.39 Å². The Kier molecular flexibility index (Phi) is 9.32. The van der Waals surface area contributed by atoms with Crippen LogP contribution in [0.4, 0.5) is 10.3 Å². The number of rotatable bonds is 10. The summed E-state index contributed by atoms with van der Waals surface area (Å²) in [4.78, 5) is 37.8. The van der Waals surface area contributed by atoms with Crippen molar-refractivity contribution in [2.24, 2.45) is 10.2 Å². The van der Waals surface area contributed by atoms with E-state index in [1.807, 2.05) is 32.9 Å². The monoisotopic (exact) mass is 658 g/mol. The topological polar surface area (TPSA) is 188 Å². The summed E-state index contributed by atoms with van der Waals surface area (Å²) in [6.45, 7) is 8.31. The van der Waals surface area contributed by atoms with Crippen molar-refractivity contribution in [2.75, 3.05) is 26.1 Å². The summed E-state index contributed by atoms with van der Waals surface area (Å²) in [5.41, 5.74) is 3.97. The summed E-state index contributed by atoms with van der Waals surface area (Å²) >= 11 is 0. The van der Waals surface area contributed by atoms with E-state index in [4.69, 9.17) is 29.2 Å². The fourth-order valence-electron chi connectivity index (χ4n) is 4.88. The number of hydrogen-bond acceptors (Lipinski definition) is 13. The normalized spacial score (nSPS) is 22.6. The molecule has 246 valence electrons. The zero-order valence-corrected chi connectivity index (χ0v) is 27.1. The van der Waals surface area contributed by atoms with Gasteiger partial charge < -0.3 is 34.7 Å². The number of nitrogens with zero attached hydrogens (tertiary/aromatic N) is 5. The fourth-order valence-corrected chi connectivity index (χ4v) is 5.65. The summed E-state index contributed by atoms with van der Waals surface area (Å²) in [6, 6.07) is 9.42. The van der Waals surface area contributed by atoms with Crippen LogP contribution >= 0.6 is 8.17 Å². The van der Waals surface area contributed by atoms with E-state index in [1.54, 1.807) is 24.3 Å². The van der Waals surface area contributed by atoms with Gasteiger partial charge in [0.25, 0.3) is 0 Å². The van der Waals surface area contributed by atoms with Crippen LogP contribution in [0.3, 0.4) is 0 Å².